The van der Waals surface area contributed by atoms with Gasteiger partial charge in [0.05, 0.1) is 18.2 Å². The van der Waals surface area contributed by atoms with E-state index in [2.05, 4.69) is 10.6 Å². The maximum Gasteiger partial charge on any atom is 0.246 e. The zero-order valence-corrected chi connectivity index (χ0v) is 14.3. The molecule has 0 aliphatic carbocycles. The zero-order valence-electron chi connectivity index (χ0n) is 14.3. The molecule has 1 atom stereocenters. The maximum absolute atomic E-state index is 12.0. The first-order valence-corrected chi connectivity index (χ1v) is 8.43. The Morgan fingerprint density at radius 3 is 2.48 bits per heavy atom. The SMILES string of the molecule is CC(C)Oc1ccc(C(C)NC(=O)COC2CCNCC2)cc1. The molecule has 1 saturated heterocycles. The molecule has 2 rings (SSSR count). The minimum absolute atomic E-state index is 0.0489. The van der Waals surface area contributed by atoms with E-state index in [1.54, 1.807) is 0 Å². The van der Waals surface area contributed by atoms with Crippen molar-refractivity contribution in [3.63, 3.8) is 0 Å². The summed E-state index contributed by atoms with van der Waals surface area (Å²) in [6.07, 6.45) is 2.30. The fourth-order valence-electron chi connectivity index (χ4n) is 2.63. The molecule has 1 aliphatic rings. The third-order valence-corrected chi connectivity index (χ3v) is 3.87. The van der Waals surface area contributed by atoms with E-state index < -0.39 is 0 Å². The molecule has 5 heteroatoms. The van der Waals surface area contributed by atoms with Crippen LogP contribution in [0.3, 0.4) is 0 Å². The monoisotopic (exact) mass is 320 g/mol. The molecule has 0 bridgehead atoms. The van der Waals surface area contributed by atoms with Crippen LogP contribution in [-0.2, 0) is 9.53 Å². The highest BCUT2D eigenvalue weighted by Crippen LogP contribution is 2.18. The number of rotatable bonds is 7. The number of nitrogens with one attached hydrogen (secondary N) is 2. The van der Waals surface area contributed by atoms with E-state index in [1.807, 2.05) is 45.0 Å². The molecule has 0 saturated carbocycles. The van der Waals surface area contributed by atoms with Crippen molar-refractivity contribution in [3.8, 4) is 5.75 Å². The van der Waals surface area contributed by atoms with Crippen LogP contribution in [0, 0.1) is 0 Å². The number of carbonyl (C=O) groups is 1. The fourth-order valence-corrected chi connectivity index (χ4v) is 2.63. The number of piperidine rings is 1. The standard InChI is InChI=1S/C18H28N2O3/c1-13(2)23-17-6-4-15(5-7-17)14(3)20-18(21)12-22-16-8-10-19-11-9-16/h4-7,13-14,16,19H,8-12H2,1-3H3,(H,20,21). The second kappa shape index (κ2) is 8.89. The first-order valence-electron chi connectivity index (χ1n) is 8.43. The van der Waals surface area contributed by atoms with Gasteiger partial charge in [0.1, 0.15) is 12.4 Å². The van der Waals surface area contributed by atoms with Crippen LogP contribution in [-0.4, -0.2) is 37.8 Å². The lowest BCUT2D eigenvalue weighted by atomic mass is 10.1. The Hall–Kier alpha value is -1.59. The highest BCUT2D eigenvalue weighted by Gasteiger charge is 2.16. The molecule has 1 aliphatic heterocycles. The van der Waals surface area contributed by atoms with Crippen molar-refractivity contribution in [2.24, 2.45) is 0 Å². The van der Waals surface area contributed by atoms with Crippen molar-refractivity contribution in [1.29, 1.82) is 0 Å². The van der Waals surface area contributed by atoms with Gasteiger partial charge in [-0.2, -0.15) is 0 Å². The predicted molar refractivity (Wildman–Crippen MR) is 90.6 cm³/mol. The van der Waals surface area contributed by atoms with Crippen LogP contribution in [0.2, 0.25) is 0 Å². The van der Waals surface area contributed by atoms with Gasteiger partial charge in [-0.3, -0.25) is 4.79 Å². The Bertz CT molecular complexity index is 482. The summed E-state index contributed by atoms with van der Waals surface area (Å²) in [7, 11) is 0. The van der Waals surface area contributed by atoms with Crippen molar-refractivity contribution in [3.05, 3.63) is 29.8 Å². The van der Waals surface area contributed by atoms with Gasteiger partial charge in [-0.1, -0.05) is 12.1 Å². The van der Waals surface area contributed by atoms with Gasteiger partial charge >= 0.3 is 0 Å². The van der Waals surface area contributed by atoms with Crippen molar-refractivity contribution in [1.82, 2.24) is 10.6 Å². The minimum Gasteiger partial charge on any atom is -0.491 e. The van der Waals surface area contributed by atoms with Gasteiger partial charge in [-0.15, -0.1) is 0 Å². The highest BCUT2D eigenvalue weighted by molar-refractivity contribution is 5.77. The molecule has 5 nitrogen and oxygen atoms in total. The third-order valence-electron chi connectivity index (χ3n) is 3.87. The molecule has 0 radical (unpaired) electrons. The average Bonchev–Trinajstić information content (AvgIpc) is 2.54. The van der Waals surface area contributed by atoms with E-state index >= 15 is 0 Å². The third kappa shape index (κ3) is 6.20. The van der Waals surface area contributed by atoms with Crippen LogP contribution < -0.4 is 15.4 Å². The van der Waals surface area contributed by atoms with E-state index in [1.165, 1.54) is 0 Å². The van der Waals surface area contributed by atoms with Gasteiger partial charge < -0.3 is 20.1 Å². The van der Waals surface area contributed by atoms with E-state index in [9.17, 15) is 4.79 Å². The highest BCUT2D eigenvalue weighted by atomic mass is 16.5. The predicted octanol–water partition coefficient (Wildman–Crippen LogP) is 2.42. The molecule has 0 spiro atoms. The Morgan fingerprint density at radius 1 is 1.22 bits per heavy atom. The molecule has 1 amide bonds. The molecule has 1 heterocycles. The van der Waals surface area contributed by atoms with Gasteiger partial charge in [-0.05, 0) is 64.4 Å². The van der Waals surface area contributed by atoms with E-state index in [0.717, 1.165) is 37.2 Å². The molecular formula is C18H28N2O3. The number of hydrogen-bond acceptors (Lipinski definition) is 4. The first kappa shape index (κ1) is 17.8. The van der Waals surface area contributed by atoms with Crippen molar-refractivity contribution >= 4 is 5.91 Å². The molecule has 2 N–H and O–H groups in total. The van der Waals surface area contributed by atoms with E-state index in [0.29, 0.717) is 0 Å². The summed E-state index contributed by atoms with van der Waals surface area (Å²) in [5.74, 6) is 0.773. The van der Waals surface area contributed by atoms with Gasteiger partial charge in [0.25, 0.3) is 0 Å². The van der Waals surface area contributed by atoms with Crippen molar-refractivity contribution < 1.29 is 14.3 Å². The summed E-state index contributed by atoms with van der Waals surface area (Å²) < 4.78 is 11.3. The van der Waals surface area contributed by atoms with Crippen LogP contribution in [0.15, 0.2) is 24.3 Å². The summed E-state index contributed by atoms with van der Waals surface area (Å²) in [5.41, 5.74) is 1.05. The molecule has 1 fully saturated rings. The normalized spacial score (nSPS) is 17.0. The molecule has 1 unspecified atom stereocenters. The van der Waals surface area contributed by atoms with Crippen LogP contribution in [0.25, 0.3) is 0 Å². The number of carbonyl (C=O) groups excluding carboxylic acids is 1. The Balaban J connectivity index is 1.76. The summed E-state index contributed by atoms with van der Waals surface area (Å²) in [4.78, 5) is 12.0. The smallest absolute Gasteiger partial charge is 0.246 e. The lowest BCUT2D eigenvalue weighted by Crippen LogP contribution is -2.36. The quantitative estimate of drug-likeness (QED) is 0.810. The van der Waals surface area contributed by atoms with Gasteiger partial charge in [0.15, 0.2) is 0 Å². The maximum atomic E-state index is 12.0. The zero-order chi connectivity index (χ0) is 16.7. The molecule has 1 aromatic carbocycles. The topological polar surface area (TPSA) is 59.6 Å². The lowest BCUT2D eigenvalue weighted by molar-refractivity contribution is -0.128. The fraction of sp³-hybridized carbons (Fsp3) is 0.611. The number of ether oxygens (including phenoxy) is 2. The Labute approximate surface area is 138 Å². The molecule has 0 aromatic heterocycles. The molecule has 1 aromatic rings. The van der Waals surface area contributed by atoms with Gasteiger partial charge in [0.2, 0.25) is 5.91 Å². The summed E-state index contributed by atoms with van der Waals surface area (Å²) in [6, 6.07) is 7.78. The van der Waals surface area contributed by atoms with E-state index in [-0.39, 0.29) is 30.8 Å². The second-order valence-corrected chi connectivity index (χ2v) is 6.29. The first-order chi connectivity index (χ1) is 11.0. The van der Waals surface area contributed by atoms with Crippen molar-refractivity contribution in [2.75, 3.05) is 19.7 Å². The van der Waals surface area contributed by atoms with Crippen LogP contribution in [0.1, 0.15) is 45.2 Å². The van der Waals surface area contributed by atoms with Gasteiger partial charge in [-0.25, -0.2) is 0 Å². The van der Waals surface area contributed by atoms with Crippen LogP contribution in [0.5, 0.6) is 5.75 Å². The minimum atomic E-state index is -0.0708. The summed E-state index contributed by atoms with van der Waals surface area (Å²) in [6.45, 7) is 8.03. The summed E-state index contributed by atoms with van der Waals surface area (Å²) in [5, 5.41) is 6.26. The average molecular weight is 320 g/mol. The van der Waals surface area contributed by atoms with Crippen molar-refractivity contribution in [2.45, 2.75) is 51.9 Å². The molecule has 128 valence electrons. The van der Waals surface area contributed by atoms with E-state index in [4.69, 9.17) is 9.47 Å². The summed E-state index contributed by atoms with van der Waals surface area (Å²) >= 11 is 0. The molecular weight excluding hydrogens is 292 g/mol. The van der Waals surface area contributed by atoms with Crippen LogP contribution in [0.4, 0.5) is 0 Å². The second-order valence-electron chi connectivity index (χ2n) is 6.29. The lowest BCUT2D eigenvalue weighted by Gasteiger charge is -2.23. The van der Waals surface area contributed by atoms with Crippen LogP contribution >= 0.6 is 0 Å². The number of hydrogen-bond donors (Lipinski definition) is 2. The molecule has 23 heavy (non-hydrogen) atoms. The number of amides is 1. The number of benzene rings is 1. The largest absolute Gasteiger partial charge is 0.491 e. The Morgan fingerprint density at radius 2 is 1.87 bits per heavy atom. The Kier molecular flexibility index (Phi) is 6.86. The van der Waals surface area contributed by atoms with Gasteiger partial charge in [0, 0.05) is 0 Å².